The van der Waals surface area contributed by atoms with Gasteiger partial charge in [-0.05, 0) is 29.8 Å². The second-order valence-corrected chi connectivity index (χ2v) is 4.16. The van der Waals surface area contributed by atoms with Gasteiger partial charge in [-0.3, -0.25) is 4.79 Å². The summed E-state index contributed by atoms with van der Waals surface area (Å²) in [4.78, 5) is 12.0. The summed E-state index contributed by atoms with van der Waals surface area (Å²) in [5.41, 5.74) is 1.46. The quantitative estimate of drug-likeness (QED) is 0.791. The molecule has 1 aliphatic carbocycles. The molecule has 4 heteroatoms. The van der Waals surface area contributed by atoms with Gasteiger partial charge in [0, 0.05) is 11.6 Å². The van der Waals surface area contributed by atoms with E-state index in [1.807, 2.05) is 24.3 Å². The molecule has 0 spiro atoms. The van der Waals surface area contributed by atoms with Crippen LogP contribution < -0.4 is 4.74 Å². The molecule has 0 heterocycles. The molecule has 0 bridgehead atoms. The number of carbonyl (C=O) groups is 1. The molecule has 0 unspecified atom stereocenters. The van der Waals surface area contributed by atoms with Crippen LogP contribution in [0.25, 0.3) is 6.08 Å². The van der Waals surface area contributed by atoms with Gasteiger partial charge in [-0.1, -0.05) is 12.1 Å². The summed E-state index contributed by atoms with van der Waals surface area (Å²) < 4.78 is 15.4. The Morgan fingerprint density at radius 1 is 0.850 bits per heavy atom. The first kappa shape index (κ1) is 13.9. The third kappa shape index (κ3) is 2.91. The zero-order chi connectivity index (χ0) is 14.5. The first-order valence-corrected chi connectivity index (χ1v) is 6.09. The highest BCUT2D eigenvalue weighted by Gasteiger charge is 2.18. The second-order valence-electron chi connectivity index (χ2n) is 4.16. The lowest BCUT2D eigenvalue weighted by molar-refractivity contribution is -0.111. The predicted octanol–water partition coefficient (Wildman–Crippen LogP) is 2.72. The van der Waals surface area contributed by atoms with Gasteiger partial charge in [0.25, 0.3) is 0 Å². The summed E-state index contributed by atoms with van der Waals surface area (Å²) in [6.45, 7) is 0. The van der Waals surface area contributed by atoms with E-state index in [0.717, 1.165) is 11.3 Å². The Labute approximate surface area is 118 Å². The highest BCUT2D eigenvalue weighted by molar-refractivity contribution is 6.11. The first-order valence-electron chi connectivity index (χ1n) is 6.09. The lowest BCUT2D eigenvalue weighted by Crippen LogP contribution is -2.09. The summed E-state index contributed by atoms with van der Waals surface area (Å²) >= 11 is 0. The van der Waals surface area contributed by atoms with Crippen LogP contribution in [-0.4, -0.2) is 27.1 Å². The molecule has 0 saturated heterocycles. The number of carbonyl (C=O) groups excluding carboxylic acids is 1. The minimum absolute atomic E-state index is 0.113. The van der Waals surface area contributed by atoms with E-state index in [-0.39, 0.29) is 5.78 Å². The Bertz CT molecular complexity index is 591. The molecule has 0 aliphatic heterocycles. The van der Waals surface area contributed by atoms with Gasteiger partial charge in [0.2, 0.25) is 0 Å². The van der Waals surface area contributed by atoms with Crippen LogP contribution in [0.15, 0.2) is 53.5 Å². The average molecular weight is 272 g/mol. The van der Waals surface area contributed by atoms with Gasteiger partial charge in [-0.15, -0.1) is 0 Å². The van der Waals surface area contributed by atoms with Gasteiger partial charge in [-0.2, -0.15) is 0 Å². The zero-order valence-electron chi connectivity index (χ0n) is 11.7. The third-order valence-corrected chi connectivity index (χ3v) is 2.95. The molecule has 20 heavy (non-hydrogen) atoms. The Kier molecular flexibility index (Phi) is 4.25. The van der Waals surface area contributed by atoms with Gasteiger partial charge in [0.15, 0.2) is 17.3 Å². The molecule has 0 amide bonds. The van der Waals surface area contributed by atoms with Crippen molar-refractivity contribution in [3.8, 4) is 5.75 Å². The molecule has 1 aromatic carbocycles. The number of hydrogen-bond donors (Lipinski definition) is 0. The summed E-state index contributed by atoms with van der Waals surface area (Å²) in [6, 6.07) is 7.46. The SMILES string of the molecule is COC1=CC(=O)C(=Cc2ccc(OC)cc2)C=C1OC. The topological polar surface area (TPSA) is 44.8 Å². The number of benzene rings is 1. The zero-order valence-corrected chi connectivity index (χ0v) is 11.7. The maximum absolute atomic E-state index is 12.0. The van der Waals surface area contributed by atoms with E-state index in [1.54, 1.807) is 26.4 Å². The van der Waals surface area contributed by atoms with E-state index >= 15 is 0 Å². The van der Waals surface area contributed by atoms with E-state index < -0.39 is 0 Å². The summed E-state index contributed by atoms with van der Waals surface area (Å²) in [6.07, 6.45) is 4.89. The van der Waals surface area contributed by atoms with Crippen LogP contribution in [0.5, 0.6) is 5.75 Å². The number of ether oxygens (including phenoxy) is 3. The van der Waals surface area contributed by atoms with Gasteiger partial charge in [-0.25, -0.2) is 0 Å². The fraction of sp³-hybridized carbons (Fsp3) is 0.188. The van der Waals surface area contributed by atoms with Crippen molar-refractivity contribution in [1.82, 2.24) is 0 Å². The minimum atomic E-state index is -0.113. The smallest absolute Gasteiger partial charge is 0.189 e. The standard InChI is InChI=1S/C16H16O4/c1-18-13-6-4-11(5-7-13)8-12-9-15(19-2)16(20-3)10-14(12)17/h4-10H,1-3H3. The molecular weight excluding hydrogens is 256 g/mol. The van der Waals surface area contributed by atoms with Crippen molar-refractivity contribution in [3.63, 3.8) is 0 Å². The van der Waals surface area contributed by atoms with Crippen molar-refractivity contribution >= 4 is 11.9 Å². The van der Waals surface area contributed by atoms with Crippen molar-refractivity contribution in [1.29, 1.82) is 0 Å². The Morgan fingerprint density at radius 2 is 1.45 bits per heavy atom. The number of ketones is 1. The molecule has 0 radical (unpaired) electrons. The molecule has 104 valence electrons. The van der Waals surface area contributed by atoms with Crippen molar-refractivity contribution < 1.29 is 19.0 Å². The van der Waals surface area contributed by atoms with Crippen LogP contribution in [0, 0.1) is 0 Å². The van der Waals surface area contributed by atoms with E-state index in [9.17, 15) is 4.79 Å². The largest absolute Gasteiger partial charge is 0.497 e. The van der Waals surface area contributed by atoms with E-state index in [0.29, 0.717) is 17.1 Å². The first-order chi connectivity index (χ1) is 9.67. The fourth-order valence-corrected chi connectivity index (χ4v) is 1.87. The minimum Gasteiger partial charge on any atom is -0.497 e. The molecular formula is C16H16O4. The third-order valence-electron chi connectivity index (χ3n) is 2.95. The Hall–Kier alpha value is -2.49. The van der Waals surface area contributed by atoms with Crippen molar-refractivity contribution in [3.05, 3.63) is 59.1 Å². The lowest BCUT2D eigenvalue weighted by atomic mass is 10.0. The number of rotatable bonds is 4. The Morgan fingerprint density at radius 3 is 2.00 bits per heavy atom. The van der Waals surface area contributed by atoms with Crippen LogP contribution in [-0.2, 0) is 14.3 Å². The maximum atomic E-state index is 12.0. The van der Waals surface area contributed by atoms with Crippen molar-refractivity contribution in [2.75, 3.05) is 21.3 Å². The molecule has 0 fully saturated rings. The van der Waals surface area contributed by atoms with Gasteiger partial charge < -0.3 is 14.2 Å². The van der Waals surface area contributed by atoms with E-state index in [2.05, 4.69) is 0 Å². The Balaban J connectivity index is 2.32. The van der Waals surface area contributed by atoms with Crippen molar-refractivity contribution in [2.45, 2.75) is 0 Å². The summed E-state index contributed by atoms with van der Waals surface area (Å²) in [7, 11) is 4.66. The molecule has 1 aliphatic rings. The van der Waals surface area contributed by atoms with Crippen LogP contribution in [0.1, 0.15) is 5.56 Å². The summed E-state index contributed by atoms with van der Waals surface area (Å²) in [5, 5.41) is 0. The lowest BCUT2D eigenvalue weighted by Gasteiger charge is -2.14. The molecule has 0 N–H and O–H groups in total. The van der Waals surface area contributed by atoms with E-state index in [1.165, 1.54) is 13.2 Å². The molecule has 4 nitrogen and oxygen atoms in total. The molecule has 2 rings (SSSR count). The van der Waals surface area contributed by atoms with Gasteiger partial charge >= 0.3 is 0 Å². The van der Waals surface area contributed by atoms with Crippen LogP contribution in [0.2, 0.25) is 0 Å². The van der Waals surface area contributed by atoms with Crippen LogP contribution in [0.3, 0.4) is 0 Å². The fourth-order valence-electron chi connectivity index (χ4n) is 1.87. The normalized spacial score (nSPS) is 16.6. The average Bonchev–Trinajstić information content (AvgIpc) is 2.49. The molecule has 0 saturated carbocycles. The molecule has 0 atom stereocenters. The predicted molar refractivity (Wildman–Crippen MR) is 76.2 cm³/mol. The monoisotopic (exact) mass is 272 g/mol. The number of allylic oxidation sites excluding steroid dienone is 3. The number of methoxy groups -OCH3 is 3. The highest BCUT2D eigenvalue weighted by atomic mass is 16.5. The molecule has 1 aromatic rings. The van der Waals surface area contributed by atoms with Gasteiger partial charge in [0.05, 0.1) is 21.3 Å². The highest BCUT2D eigenvalue weighted by Crippen LogP contribution is 2.23. The van der Waals surface area contributed by atoms with Gasteiger partial charge in [0.1, 0.15) is 5.75 Å². The van der Waals surface area contributed by atoms with Crippen LogP contribution >= 0.6 is 0 Å². The maximum Gasteiger partial charge on any atom is 0.189 e. The van der Waals surface area contributed by atoms with E-state index in [4.69, 9.17) is 14.2 Å². The summed E-state index contributed by atoms with van der Waals surface area (Å²) in [5.74, 6) is 1.63. The van der Waals surface area contributed by atoms with Crippen molar-refractivity contribution in [2.24, 2.45) is 0 Å². The van der Waals surface area contributed by atoms with Crippen LogP contribution in [0.4, 0.5) is 0 Å². The molecule has 0 aromatic heterocycles. The number of hydrogen-bond acceptors (Lipinski definition) is 4. The second kappa shape index (κ2) is 6.10.